The molecule has 1 unspecified atom stereocenters. The molecule has 4 aromatic rings. The molecule has 0 radical (unpaired) electrons. The lowest BCUT2D eigenvalue weighted by molar-refractivity contribution is 0.389. The van der Waals surface area contributed by atoms with Crippen LogP contribution < -0.4 is 11.2 Å². The number of hydrogen-bond acceptors (Lipinski definition) is 3. The summed E-state index contributed by atoms with van der Waals surface area (Å²) in [5.74, 6) is 1.03. The minimum atomic E-state index is -0.186. The van der Waals surface area contributed by atoms with Crippen molar-refractivity contribution in [1.82, 2.24) is 23.9 Å². The Kier molecular flexibility index (Phi) is 5.00. The van der Waals surface area contributed by atoms with E-state index < -0.39 is 0 Å². The monoisotopic (exact) mass is 445 g/mol. The summed E-state index contributed by atoms with van der Waals surface area (Å²) < 4.78 is 5.24. The van der Waals surface area contributed by atoms with E-state index >= 15 is 0 Å². The maximum absolute atomic E-state index is 13.7. The molecule has 2 atom stereocenters. The molecule has 0 aliphatic heterocycles. The number of para-hydroxylation sites is 1. The van der Waals surface area contributed by atoms with E-state index in [2.05, 4.69) is 29.1 Å². The highest BCUT2D eigenvalue weighted by Crippen LogP contribution is 2.36. The van der Waals surface area contributed by atoms with Gasteiger partial charge in [0.05, 0.1) is 11.7 Å². The quantitative estimate of drug-likeness (QED) is 0.462. The first-order chi connectivity index (χ1) is 16.1. The third-order valence-corrected chi connectivity index (χ3v) is 7.74. The van der Waals surface area contributed by atoms with Crippen LogP contribution in [0.2, 0.25) is 0 Å². The molecule has 3 heterocycles. The fourth-order valence-electron chi connectivity index (χ4n) is 5.70. The number of rotatable bonds is 7. The average Bonchev–Trinajstić information content (AvgIpc) is 3.17. The summed E-state index contributed by atoms with van der Waals surface area (Å²) in [6, 6.07) is 8.39. The SMILES string of the molecule is C[C@@H]1CCCC1n1c(=O)n(CCCc2c[nH]c3ccccc23)c(=O)c2c1cnn2CC1CC1. The van der Waals surface area contributed by atoms with Gasteiger partial charge in [-0.25, -0.2) is 4.79 Å². The van der Waals surface area contributed by atoms with Crippen LogP contribution in [0.5, 0.6) is 0 Å². The van der Waals surface area contributed by atoms with Gasteiger partial charge in [0.1, 0.15) is 0 Å². The van der Waals surface area contributed by atoms with Gasteiger partial charge in [0.2, 0.25) is 0 Å². The normalized spacial score (nSPS) is 20.9. The van der Waals surface area contributed by atoms with Crippen molar-refractivity contribution in [2.75, 3.05) is 0 Å². The third kappa shape index (κ3) is 3.54. The Labute approximate surface area is 192 Å². The number of aromatic nitrogens is 5. The van der Waals surface area contributed by atoms with Gasteiger partial charge in [0.15, 0.2) is 5.52 Å². The minimum Gasteiger partial charge on any atom is -0.361 e. The molecule has 2 saturated carbocycles. The van der Waals surface area contributed by atoms with Gasteiger partial charge in [0.25, 0.3) is 5.56 Å². The molecule has 2 fully saturated rings. The number of nitrogens with zero attached hydrogens (tertiary/aromatic N) is 4. The summed E-state index contributed by atoms with van der Waals surface area (Å²) in [5, 5.41) is 5.78. The van der Waals surface area contributed by atoms with Gasteiger partial charge in [-0.15, -0.1) is 0 Å². The number of nitrogens with one attached hydrogen (secondary N) is 1. The van der Waals surface area contributed by atoms with Crippen molar-refractivity contribution in [3.05, 3.63) is 63.1 Å². The predicted molar refractivity (Wildman–Crippen MR) is 130 cm³/mol. The number of benzene rings is 1. The molecule has 7 heteroatoms. The Morgan fingerprint density at radius 1 is 1.12 bits per heavy atom. The molecule has 0 bridgehead atoms. The zero-order valence-electron chi connectivity index (χ0n) is 19.2. The first-order valence-electron chi connectivity index (χ1n) is 12.4. The van der Waals surface area contributed by atoms with Crippen LogP contribution in [-0.4, -0.2) is 23.9 Å². The highest BCUT2D eigenvalue weighted by atomic mass is 16.2. The highest BCUT2D eigenvalue weighted by Gasteiger charge is 2.31. The standard InChI is InChI=1S/C26H31N5O2/c1-17-6-4-10-22(17)31-23-15-28-30(16-18-11-12-18)24(23)25(32)29(26(31)33)13-5-7-19-14-27-21-9-3-2-8-20(19)21/h2-3,8-9,14-15,17-18,22,27H,4-7,10-13,16H2,1H3/t17-,22?/m1/s1. The molecule has 2 aliphatic carbocycles. The fraction of sp³-hybridized carbons (Fsp3) is 0.500. The summed E-state index contributed by atoms with van der Waals surface area (Å²) in [4.78, 5) is 30.6. The van der Waals surface area contributed by atoms with Gasteiger partial charge in [-0.05, 0) is 62.0 Å². The van der Waals surface area contributed by atoms with Crippen molar-refractivity contribution < 1.29 is 0 Å². The zero-order chi connectivity index (χ0) is 22.5. The van der Waals surface area contributed by atoms with Crippen molar-refractivity contribution in [3.8, 4) is 0 Å². The van der Waals surface area contributed by atoms with Gasteiger partial charge >= 0.3 is 5.69 Å². The molecule has 0 spiro atoms. The second-order valence-corrected chi connectivity index (χ2v) is 10.1. The first kappa shape index (κ1) is 20.5. The van der Waals surface area contributed by atoms with E-state index in [-0.39, 0.29) is 17.3 Å². The fourth-order valence-corrected chi connectivity index (χ4v) is 5.70. The van der Waals surface area contributed by atoms with Crippen molar-refractivity contribution in [3.63, 3.8) is 0 Å². The lowest BCUT2D eigenvalue weighted by Gasteiger charge is -2.21. The summed E-state index contributed by atoms with van der Waals surface area (Å²) in [6.45, 7) is 3.41. The molecule has 0 saturated heterocycles. The Morgan fingerprint density at radius 2 is 1.97 bits per heavy atom. The van der Waals surface area contributed by atoms with E-state index in [0.29, 0.717) is 23.9 Å². The van der Waals surface area contributed by atoms with Gasteiger partial charge in [-0.3, -0.25) is 18.6 Å². The molecule has 0 amide bonds. The van der Waals surface area contributed by atoms with Crippen LogP contribution in [0.4, 0.5) is 0 Å². The Morgan fingerprint density at radius 3 is 2.76 bits per heavy atom. The van der Waals surface area contributed by atoms with E-state index in [1.54, 1.807) is 6.20 Å². The minimum absolute atomic E-state index is 0.138. The van der Waals surface area contributed by atoms with E-state index in [9.17, 15) is 9.59 Å². The molecule has 3 aromatic heterocycles. The van der Waals surface area contributed by atoms with Crippen molar-refractivity contribution in [1.29, 1.82) is 0 Å². The van der Waals surface area contributed by atoms with Crippen molar-refractivity contribution in [2.24, 2.45) is 11.8 Å². The Hall–Kier alpha value is -3.09. The first-order valence-corrected chi connectivity index (χ1v) is 12.4. The molecule has 33 heavy (non-hydrogen) atoms. The molecule has 7 nitrogen and oxygen atoms in total. The van der Waals surface area contributed by atoms with Crippen LogP contribution in [-0.2, 0) is 19.5 Å². The predicted octanol–water partition coefficient (Wildman–Crippen LogP) is 4.24. The average molecular weight is 446 g/mol. The largest absolute Gasteiger partial charge is 0.361 e. The molecule has 1 N–H and O–H groups in total. The molecular weight excluding hydrogens is 414 g/mol. The smallest absolute Gasteiger partial charge is 0.331 e. The molecule has 1 aromatic carbocycles. The molecular formula is C26H31N5O2. The maximum atomic E-state index is 13.7. The van der Waals surface area contributed by atoms with Crippen LogP contribution in [0.15, 0.2) is 46.2 Å². The van der Waals surface area contributed by atoms with E-state index in [4.69, 9.17) is 0 Å². The summed E-state index contributed by atoms with van der Waals surface area (Å²) in [6.07, 6.45) is 11.0. The van der Waals surface area contributed by atoms with Crippen LogP contribution in [0.25, 0.3) is 21.9 Å². The van der Waals surface area contributed by atoms with E-state index in [0.717, 1.165) is 49.7 Å². The molecule has 172 valence electrons. The van der Waals surface area contributed by atoms with E-state index in [1.807, 2.05) is 27.6 Å². The maximum Gasteiger partial charge on any atom is 0.331 e. The van der Waals surface area contributed by atoms with Crippen molar-refractivity contribution in [2.45, 2.75) is 71.0 Å². The highest BCUT2D eigenvalue weighted by molar-refractivity contribution is 5.83. The summed E-state index contributed by atoms with van der Waals surface area (Å²) >= 11 is 0. The van der Waals surface area contributed by atoms with Gasteiger partial charge in [-0.1, -0.05) is 31.5 Å². The van der Waals surface area contributed by atoms with Crippen LogP contribution in [0.3, 0.4) is 0 Å². The Bertz CT molecular complexity index is 1430. The molecule has 2 aliphatic rings. The number of aryl methyl sites for hydroxylation is 1. The van der Waals surface area contributed by atoms with Gasteiger partial charge in [0, 0.05) is 36.2 Å². The van der Waals surface area contributed by atoms with Crippen molar-refractivity contribution >= 4 is 21.9 Å². The molecule has 6 rings (SSSR count). The van der Waals surface area contributed by atoms with Gasteiger partial charge in [-0.2, -0.15) is 5.10 Å². The third-order valence-electron chi connectivity index (χ3n) is 7.74. The Balaban J connectivity index is 1.38. The second kappa shape index (κ2) is 8.04. The summed E-state index contributed by atoms with van der Waals surface area (Å²) in [5.41, 5.74) is 3.31. The number of fused-ring (bicyclic) bond motifs is 2. The number of H-pyrrole nitrogens is 1. The number of aromatic amines is 1. The second-order valence-electron chi connectivity index (χ2n) is 10.1. The number of hydrogen-bond donors (Lipinski definition) is 1. The lowest BCUT2D eigenvalue weighted by Crippen LogP contribution is -2.42. The zero-order valence-corrected chi connectivity index (χ0v) is 19.2. The van der Waals surface area contributed by atoms with Crippen LogP contribution in [0.1, 0.15) is 57.1 Å². The lowest BCUT2D eigenvalue weighted by atomic mass is 10.1. The van der Waals surface area contributed by atoms with Gasteiger partial charge < -0.3 is 4.98 Å². The topological polar surface area (TPSA) is 77.6 Å². The summed E-state index contributed by atoms with van der Waals surface area (Å²) in [7, 11) is 0. The van der Waals surface area contributed by atoms with Crippen LogP contribution in [0, 0.1) is 11.8 Å². The van der Waals surface area contributed by atoms with Crippen LogP contribution >= 0.6 is 0 Å². The van der Waals surface area contributed by atoms with E-state index in [1.165, 1.54) is 28.4 Å².